The summed E-state index contributed by atoms with van der Waals surface area (Å²) >= 11 is 2.49. The summed E-state index contributed by atoms with van der Waals surface area (Å²) in [6.07, 6.45) is 6.53. The molecule has 3 aromatic heterocycles. The summed E-state index contributed by atoms with van der Waals surface area (Å²) < 4.78 is 7.15. The van der Waals surface area contributed by atoms with Gasteiger partial charge in [0.15, 0.2) is 41.9 Å². The van der Waals surface area contributed by atoms with Crippen molar-refractivity contribution in [3.05, 3.63) is 59.5 Å². The molecule has 4 N–H and O–H groups in total. The van der Waals surface area contributed by atoms with E-state index in [1.54, 1.807) is 17.8 Å². The number of carbonyl (C=O) groups excluding carboxylic acids is 2. The van der Waals surface area contributed by atoms with E-state index in [0.29, 0.717) is 17.1 Å². The van der Waals surface area contributed by atoms with E-state index in [9.17, 15) is 19.5 Å². The third-order valence-electron chi connectivity index (χ3n) is 5.65. The smallest absolute Gasteiger partial charge is 0.352 e. The van der Waals surface area contributed by atoms with Crippen LogP contribution in [-0.4, -0.2) is 67.7 Å². The Morgan fingerprint density at radius 2 is 2.30 bits per heavy atom. The number of nitrogen functional groups attached to an aromatic ring is 1. The molecule has 0 saturated carbocycles. The first-order chi connectivity index (χ1) is 17.9. The molecule has 0 aromatic carbocycles. The molecule has 2 amide bonds. The van der Waals surface area contributed by atoms with Crippen LogP contribution in [0.2, 0.25) is 0 Å². The van der Waals surface area contributed by atoms with Crippen LogP contribution in [0, 0.1) is 0 Å². The van der Waals surface area contributed by atoms with Crippen molar-refractivity contribution in [2.45, 2.75) is 18.0 Å². The van der Waals surface area contributed by atoms with Gasteiger partial charge in [0, 0.05) is 22.8 Å². The largest absolute Gasteiger partial charge is 0.477 e. The number of nitrogens with zero attached hydrogens (tertiary/aromatic N) is 5. The van der Waals surface area contributed by atoms with Gasteiger partial charge in [-0.05, 0) is 6.07 Å². The van der Waals surface area contributed by atoms with Crippen molar-refractivity contribution >= 4 is 51.7 Å². The fraction of sp³-hybridized carbons (Fsp3) is 0.227. The molecule has 5 heterocycles. The van der Waals surface area contributed by atoms with Crippen molar-refractivity contribution in [1.29, 1.82) is 0 Å². The number of oxazole rings is 1. The Bertz CT molecular complexity index is 1430. The quantitative estimate of drug-likeness (QED) is 0.157. The number of aliphatic carboxylic acids is 1. The van der Waals surface area contributed by atoms with Crippen molar-refractivity contribution in [3.8, 4) is 11.3 Å². The molecule has 0 radical (unpaired) electrons. The summed E-state index contributed by atoms with van der Waals surface area (Å²) in [5.74, 6) is -1.51. The number of carboxylic acid groups (broad SMARTS) is 1. The zero-order valence-electron chi connectivity index (χ0n) is 19.2. The molecule has 3 aromatic rings. The average Bonchev–Trinajstić information content (AvgIpc) is 3.57. The Labute approximate surface area is 217 Å². The normalized spacial score (nSPS) is 19.3. The molecular formula is C22H20N7O6S2+. The Morgan fingerprint density at radius 1 is 1.46 bits per heavy atom. The molecule has 0 unspecified atom stereocenters. The molecule has 15 heteroatoms. The molecule has 13 nitrogen and oxygen atoms in total. The van der Waals surface area contributed by atoms with E-state index >= 15 is 0 Å². The summed E-state index contributed by atoms with van der Waals surface area (Å²) in [5, 5.41) is 17.5. The maximum Gasteiger partial charge on any atom is 0.352 e. The number of oxime groups is 1. The first-order valence-corrected chi connectivity index (χ1v) is 12.7. The first kappa shape index (κ1) is 24.5. The Morgan fingerprint density at radius 3 is 2.97 bits per heavy atom. The molecule has 0 bridgehead atoms. The van der Waals surface area contributed by atoms with E-state index in [-0.39, 0.29) is 28.8 Å². The monoisotopic (exact) mass is 542 g/mol. The lowest BCUT2D eigenvalue weighted by atomic mass is 10.0. The van der Waals surface area contributed by atoms with Gasteiger partial charge in [0.05, 0.1) is 11.8 Å². The molecule has 2 aliphatic rings. The van der Waals surface area contributed by atoms with Gasteiger partial charge in [-0.2, -0.15) is 0 Å². The summed E-state index contributed by atoms with van der Waals surface area (Å²) in [6.45, 7) is 0.250. The second-order valence-corrected chi connectivity index (χ2v) is 9.94. The molecule has 190 valence electrons. The number of amides is 2. The molecular weight excluding hydrogens is 522 g/mol. The molecule has 0 aliphatic carbocycles. The molecule has 1 fully saturated rings. The van der Waals surface area contributed by atoms with Gasteiger partial charge in [0.1, 0.15) is 29.9 Å². The van der Waals surface area contributed by atoms with Gasteiger partial charge >= 0.3 is 5.97 Å². The van der Waals surface area contributed by atoms with Gasteiger partial charge in [-0.3, -0.25) is 14.5 Å². The van der Waals surface area contributed by atoms with Crippen LogP contribution in [0.5, 0.6) is 0 Å². The third kappa shape index (κ3) is 4.65. The Balaban J connectivity index is 1.35. The van der Waals surface area contributed by atoms with Crippen molar-refractivity contribution in [1.82, 2.24) is 20.2 Å². The van der Waals surface area contributed by atoms with E-state index in [1.807, 2.05) is 22.9 Å². The lowest BCUT2D eigenvalue weighted by Crippen LogP contribution is -2.71. The standard InChI is InChI=1S/C22H19N7O6S2/c1-34-27-15(13-9-37-22(23)25-13)18(30)26-16-19(31)29-17(21(32)33)12(8-36-20(16)29)7-28-4-2-3-11(6-28)14-5-24-10-35-14/h2-6,9-10,16,20H,7-8H2,1H3,(H3-,23,25,26,30,32,33)/p+1/t16-,20+/m1/s1. The number of hydrogen-bond donors (Lipinski definition) is 3. The van der Waals surface area contributed by atoms with Gasteiger partial charge in [0.2, 0.25) is 0 Å². The first-order valence-electron chi connectivity index (χ1n) is 10.8. The highest BCUT2D eigenvalue weighted by atomic mass is 32.2. The Kier molecular flexibility index (Phi) is 6.62. The number of pyridine rings is 1. The second kappa shape index (κ2) is 10.0. The minimum Gasteiger partial charge on any atom is -0.477 e. The van der Waals surface area contributed by atoms with Crippen LogP contribution < -0.4 is 15.6 Å². The lowest BCUT2D eigenvalue weighted by molar-refractivity contribution is -0.688. The molecule has 5 rings (SSSR count). The Hall–Kier alpha value is -4.24. The number of thioether (sulfide) groups is 1. The lowest BCUT2D eigenvalue weighted by Gasteiger charge is -2.49. The molecule has 0 spiro atoms. The number of aromatic nitrogens is 3. The van der Waals surface area contributed by atoms with Crippen LogP contribution in [0.4, 0.5) is 5.13 Å². The summed E-state index contributed by atoms with van der Waals surface area (Å²) in [7, 11) is 1.28. The van der Waals surface area contributed by atoms with Crippen LogP contribution in [0.1, 0.15) is 5.69 Å². The number of β-lactam (4-membered cyclic amide) rings is 1. The van der Waals surface area contributed by atoms with Gasteiger partial charge in [0.25, 0.3) is 11.8 Å². The highest BCUT2D eigenvalue weighted by Gasteiger charge is 2.54. The number of carbonyl (C=O) groups is 3. The van der Waals surface area contributed by atoms with Crippen LogP contribution in [0.15, 0.2) is 63.3 Å². The van der Waals surface area contributed by atoms with Gasteiger partial charge in [-0.15, -0.1) is 23.1 Å². The second-order valence-electron chi connectivity index (χ2n) is 7.94. The predicted molar refractivity (Wildman–Crippen MR) is 132 cm³/mol. The number of nitrogens with two attached hydrogens (primary N) is 1. The van der Waals surface area contributed by atoms with E-state index in [4.69, 9.17) is 15.0 Å². The zero-order chi connectivity index (χ0) is 26.1. The fourth-order valence-electron chi connectivity index (χ4n) is 4.05. The van der Waals surface area contributed by atoms with Crippen LogP contribution in [-0.2, 0) is 25.8 Å². The number of carboxylic acids is 1. The summed E-state index contributed by atoms with van der Waals surface area (Å²) in [6, 6.07) is 2.73. The van der Waals surface area contributed by atoms with Crippen LogP contribution in [0.3, 0.4) is 0 Å². The van der Waals surface area contributed by atoms with E-state index < -0.39 is 29.2 Å². The van der Waals surface area contributed by atoms with Gasteiger partial charge in [-0.25, -0.2) is 19.3 Å². The predicted octanol–water partition coefficient (Wildman–Crippen LogP) is 0.457. The minimum absolute atomic E-state index is 0.0881. The minimum atomic E-state index is -1.22. The van der Waals surface area contributed by atoms with Gasteiger partial charge in [-0.1, -0.05) is 5.16 Å². The van der Waals surface area contributed by atoms with E-state index in [0.717, 1.165) is 16.9 Å². The molecule has 37 heavy (non-hydrogen) atoms. The van der Waals surface area contributed by atoms with E-state index in [1.165, 1.54) is 30.2 Å². The number of fused-ring (bicyclic) bond motifs is 1. The van der Waals surface area contributed by atoms with Gasteiger partial charge < -0.3 is 25.4 Å². The average molecular weight is 543 g/mol. The maximum absolute atomic E-state index is 13.0. The highest BCUT2D eigenvalue weighted by molar-refractivity contribution is 8.00. The number of nitrogens with one attached hydrogen (secondary N) is 1. The highest BCUT2D eigenvalue weighted by Crippen LogP contribution is 2.40. The van der Waals surface area contributed by atoms with E-state index in [2.05, 4.69) is 20.4 Å². The number of rotatable bonds is 8. The maximum atomic E-state index is 13.0. The summed E-state index contributed by atoms with van der Waals surface area (Å²) in [4.78, 5) is 52.1. The zero-order valence-corrected chi connectivity index (χ0v) is 20.9. The number of hydrogen-bond acceptors (Lipinski definition) is 11. The topological polar surface area (TPSA) is 177 Å². The van der Waals surface area contributed by atoms with Crippen LogP contribution in [0.25, 0.3) is 11.3 Å². The van der Waals surface area contributed by atoms with Crippen LogP contribution >= 0.6 is 23.1 Å². The number of thiazole rings is 1. The van der Waals surface area contributed by atoms with Crippen molar-refractivity contribution in [3.63, 3.8) is 0 Å². The fourth-order valence-corrected chi connectivity index (χ4v) is 5.93. The molecule has 2 atom stereocenters. The third-order valence-corrected chi connectivity index (χ3v) is 7.66. The molecule has 2 aliphatic heterocycles. The summed E-state index contributed by atoms with van der Waals surface area (Å²) in [5.41, 5.74) is 6.97. The SMILES string of the molecule is CON=C(C(=O)N[C@@H]1C(=O)N2C(C(=O)O)=C(C[n+]3cccc(-c4cnco4)c3)CS[C@@H]12)c1csc(N)n1. The van der Waals surface area contributed by atoms with Crippen molar-refractivity contribution in [2.24, 2.45) is 5.16 Å². The van der Waals surface area contributed by atoms with Crippen molar-refractivity contribution in [2.75, 3.05) is 18.6 Å². The van der Waals surface area contributed by atoms with Crippen molar-refractivity contribution < 1.29 is 33.3 Å². The molecule has 1 saturated heterocycles. The number of anilines is 1.